The summed E-state index contributed by atoms with van der Waals surface area (Å²) in [7, 11) is -1.64. The van der Waals surface area contributed by atoms with E-state index in [1.807, 2.05) is 7.05 Å². The first-order valence-electron chi connectivity index (χ1n) is 9.36. The number of piperidine rings is 1. The van der Waals surface area contributed by atoms with Crippen molar-refractivity contribution in [2.45, 2.75) is 23.8 Å². The lowest BCUT2D eigenvalue weighted by Crippen LogP contribution is -2.46. The van der Waals surface area contributed by atoms with Crippen LogP contribution < -0.4 is 10.6 Å². The zero-order chi connectivity index (χ0) is 19.3. The number of anilines is 1. The number of morpholine rings is 1. The van der Waals surface area contributed by atoms with E-state index in [0.29, 0.717) is 44.6 Å². The molecule has 2 aliphatic rings. The van der Waals surface area contributed by atoms with E-state index in [-0.39, 0.29) is 10.8 Å². The van der Waals surface area contributed by atoms with Gasteiger partial charge < -0.3 is 15.4 Å². The zero-order valence-electron chi connectivity index (χ0n) is 15.7. The Kier molecular flexibility index (Phi) is 6.83. The quantitative estimate of drug-likeness (QED) is 0.720. The highest BCUT2D eigenvalue weighted by Gasteiger charge is 2.26. The molecule has 1 amide bonds. The molecule has 2 saturated heterocycles. The number of hydrogen-bond donors (Lipinski definition) is 2. The monoisotopic (exact) mass is 396 g/mol. The molecule has 1 aromatic rings. The molecule has 1 unspecified atom stereocenters. The van der Waals surface area contributed by atoms with E-state index in [2.05, 4.69) is 15.5 Å². The minimum absolute atomic E-state index is 0.132. The average Bonchev–Trinajstić information content (AvgIpc) is 2.69. The van der Waals surface area contributed by atoms with Crippen LogP contribution in [-0.4, -0.2) is 82.6 Å². The maximum atomic E-state index is 12.8. The van der Waals surface area contributed by atoms with Crippen LogP contribution in [0.3, 0.4) is 0 Å². The van der Waals surface area contributed by atoms with E-state index in [4.69, 9.17) is 4.74 Å². The predicted octanol–water partition coefficient (Wildman–Crippen LogP) is 0.330. The molecule has 0 aromatic heterocycles. The third-order valence-electron chi connectivity index (χ3n) is 5.01. The lowest BCUT2D eigenvalue weighted by molar-refractivity contribution is -0.117. The number of benzene rings is 1. The smallest absolute Gasteiger partial charge is 0.243 e. The van der Waals surface area contributed by atoms with E-state index in [9.17, 15) is 13.2 Å². The van der Waals surface area contributed by atoms with Crippen molar-refractivity contribution in [2.24, 2.45) is 0 Å². The van der Waals surface area contributed by atoms with Gasteiger partial charge in [-0.2, -0.15) is 4.31 Å². The zero-order valence-corrected chi connectivity index (χ0v) is 16.5. The van der Waals surface area contributed by atoms with Gasteiger partial charge in [0.05, 0.1) is 24.7 Å². The topological polar surface area (TPSA) is 91.0 Å². The Morgan fingerprint density at radius 3 is 2.78 bits per heavy atom. The largest absolute Gasteiger partial charge is 0.379 e. The van der Waals surface area contributed by atoms with Gasteiger partial charge >= 0.3 is 0 Å². The van der Waals surface area contributed by atoms with E-state index >= 15 is 0 Å². The van der Waals surface area contributed by atoms with E-state index < -0.39 is 10.0 Å². The minimum atomic E-state index is -3.57. The summed E-state index contributed by atoms with van der Waals surface area (Å²) in [6.07, 6.45) is 2.18. The third-order valence-corrected chi connectivity index (χ3v) is 6.90. The Morgan fingerprint density at radius 2 is 2.04 bits per heavy atom. The first kappa shape index (κ1) is 20.2. The van der Waals surface area contributed by atoms with Crippen molar-refractivity contribution in [1.82, 2.24) is 14.5 Å². The lowest BCUT2D eigenvalue weighted by atomic mass is 10.1. The average molecular weight is 397 g/mol. The van der Waals surface area contributed by atoms with Crippen molar-refractivity contribution in [2.75, 3.05) is 58.3 Å². The van der Waals surface area contributed by atoms with Crippen LogP contribution in [0.2, 0.25) is 0 Å². The summed E-state index contributed by atoms with van der Waals surface area (Å²) >= 11 is 0. The van der Waals surface area contributed by atoms with Crippen LogP contribution in [0.15, 0.2) is 29.2 Å². The first-order valence-corrected chi connectivity index (χ1v) is 10.8. The number of nitrogens with one attached hydrogen (secondary N) is 2. The van der Waals surface area contributed by atoms with Crippen LogP contribution in [0.25, 0.3) is 0 Å². The molecular weight excluding hydrogens is 368 g/mol. The number of nitrogens with zero attached hydrogens (tertiary/aromatic N) is 2. The van der Waals surface area contributed by atoms with E-state index in [0.717, 1.165) is 25.9 Å². The summed E-state index contributed by atoms with van der Waals surface area (Å²) < 4.78 is 32.1. The second-order valence-electron chi connectivity index (χ2n) is 6.96. The molecule has 27 heavy (non-hydrogen) atoms. The third kappa shape index (κ3) is 5.26. The standard InChI is InChI=1S/C18H28N4O4S/c1-19-16-5-3-7-21(13-16)14-18(23)20-15-4-2-6-17(12-15)27(24,25)22-8-10-26-11-9-22/h2,4,6,12,16,19H,3,5,7-11,13-14H2,1H3,(H,20,23). The van der Waals surface area contributed by atoms with Gasteiger partial charge in [0.2, 0.25) is 15.9 Å². The maximum absolute atomic E-state index is 12.8. The molecule has 0 radical (unpaired) electrons. The van der Waals surface area contributed by atoms with Crippen molar-refractivity contribution in [3.05, 3.63) is 24.3 Å². The van der Waals surface area contributed by atoms with E-state index in [1.165, 1.54) is 10.4 Å². The molecular formula is C18H28N4O4S. The first-order chi connectivity index (χ1) is 13.0. The fraction of sp³-hybridized carbons (Fsp3) is 0.611. The van der Waals surface area contributed by atoms with Gasteiger partial charge in [-0.1, -0.05) is 6.07 Å². The van der Waals surface area contributed by atoms with Crippen LogP contribution in [0.5, 0.6) is 0 Å². The van der Waals surface area contributed by atoms with Gasteiger partial charge in [0.15, 0.2) is 0 Å². The molecule has 1 atom stereocenters. The molecule has 0 bridgehead atoms. The summed E-state index contributed by atoms with van der Waals surface area (Å²) in [4.78, 5) is 14.7. The molecule has 8 nitrogen and oxygen atoms in total. The lowest BCUT2D eigenvalue weighted by Gasteiger charge is -2.31. The van der Waals surface area contributed by atoms with Crippen LogP contribution in [0, 0.1) is 0 Å². The Morgan fingerprint density at radius 1 is 1.26 bits per heavy atom. The van der Waals surface area contributed by atoms with Crippen molar-refractivity contribution >= 4 is 21.6 Å². The number of likely N-dealkylation sites (N-methyl/N-ethyl adjacent to an activating group) is 1. The second kappa shape index (κ2) is 9.11. The van der Waals surface area contributed by atoms with Crippen LogP contribution in [0.1, 0.15) is 12.8 Å². The number of carbonyl (C=O) groups is 1. The molecule has 1 aromatic carbocycles. The molecule has 2 N–H and O–H groups in total. The fourth-order valence-electron chi connectivity index (χ4n) is 3.51. The number of hydrogen-bond acceptors (Lipinski definition) is 6. The molecule has 0 aliphatic carbocycles. The summed E-state index contributed by atoms with van der Waals surface area (Å²) in [5, 5.41) is 6.09. The number of sulfonamides is 1. The van der Waals surface area contributed by atoms with Gasteiger partial charge in [-0.05, 0) is 44.6 Å². The van der Waals surface area contributed by atoms with Crippen LogP contribution >= 0.6 is 0 Å². The van der Waals surface area contributed by atoms with Gasteiger partial charge in [0.1, 0.15) is 0 Å². The number of rotatable bonds is 6. The summed E-state index contributed by atoms with van der Waals surface area (Å²) in [5.74, 6) is -0.132. The van der Waals surface area contributed by atoms with Crippen molar-refractivity contribution in [3.8, 4) is 0 Å². The number of amides is 1. The molecule has 2 fully saturated rings. The molecule has 9 heteroatoms. The highest BCUT2D eigenvalue weighted by molar-refractivity contribution is 7.89. The van der Waals surface area contributed by atoms with Gasteiger partial charge in [-0.3, -0.25) is 9.69 Å². The van der Waals surface area contributed by atoms with Crippen molar-refractivity contribution < 1.29 is 17.9 Å². The molecule has 2 aliphatic heterocycles. The van der Waals surface area contributed by atoms with Crippen LogP contribution in [0.4, 0.5) is 5.69 Å². The molecule has 3 rings (SSSR count). The second-order valence-corrected chi connectivity index (χ2v) is 8.89. The molecule has 0 spiro atoms. The molecule has 150 valence electrons. The van der Waals surface area contributed by atoms with Gasteiger partial charge in [-0.15, -0.1) is 0 Å². The van der Waals surface area contributed by atoms with Gasteiger partial charge in [-0.25, -0.2) is 8.42 Å². The Bertz CT molecular complexity index is 749. The Balaban J connectivity index is 1.62. The fourth-order valence-corrected chi connectivity index (χ4v) is 4.96. The van der Waals surface area contributed by atoms with Crippen molar-refractivity contribution in [3.63, 3.8) is 0 Å². The molecule has 2 heterocycles. The Hall–Kier alpha value is -1.52. The van der Waals surface area contributed by atoms with Gasteiger partial charge in [0.25, 0.3) is 0 Å². The normalized spacial score (nSPS) is 22.5. The minimum Gasteiger partial charge on any atom is -0.379 e. The summed E-state index contributed by atoms with van der Waals surface area (Å²) in [6.45, 7) is 3.55. The highest BCUT2D eigenvalue weighted by atomic mass is 32.2. The highest BCUT2D eigenvalue weighted by Crippen LogP contribution is 2.20. The SMILES string of the molecule is CNC1CCCN(CC(=O)Nc2cccc(S(=O)(=O)N3CCOCC3)c2)C1. The Labute approximate surface area is 160 Å². The van der Waals surface area contributed by atoms with Gasteiger partial charge in [0, 0.05) is 31.4 Å². The summed E-state index contributed by atoms with van der Waals surface area (Å²) in [5.41, 5.74) is 0.497. The predicted molar refractivity (Wildman–Crippen MR) is 103 cm³/mol. The number of ether oxygens (including phenoxy) is 1. The number of likely N-dealkylation sites (tertiary alicyclic amines) is 1. The number of carbonyl (C=O) groups excluding carboxylic acids is 1. The maximum Gasteiger partial charge on any atom is 0.243 e. The molecule has 0 saturated carbocycles. The van der Waals surface area contributed by atoms with Crippen molar-refractivity contribution in [1.29, 1.82) is 0 Å². The van der Waals surface area contributed by atoms with E-state index in [1.54, 1.807) is 18.2 Å². The van der Waals surface area contributed by atoms with Crippen LogP contribution in [-0.2, 0) is 19.6 Å². The summed E-state index contributed by atoms with van der Waals surface area (Å²) in [6, 6.07) is 6.86.